The van der Waals surface area contributed by atoms with E-state index in [9.17, 15) is 4.79 Å². The van der Waals surface area contributed by atoms with Crippen molar-refractivity contribution in [2.24, 2.45) is 5.92 Å². The molecule has 0 aliphatic carbocycles. The fraction of sp³-hybridized carbons (Fsp3) is 0.625. The SMILES string of the molecule is C=C1OC(=O)[C@H](C(C)C)N1C. The van der Waals surface area contributed by atoms with Crippen LogP contribution in [0.15, 0.2) is 12.5 Å². The summed E-state index contributed by atoms with van der Waals surface area (Å²) in [4.78, 5) is 12.9. The summed E-state index contributed by atoms with van der Waals surface area (Å²) in [6, 6.07) is -0.150. The number of esters is 1. The van der Waals surface area contributed by atoms with E-state index >= 15 is 0 Å². The third kappa shape index (κ3) is 1.23. The lowest BCUT2D eigenvalue weighted by Crippen LogP contribution is -2.33. The van der Waals surface area contributed by atoms with Gasteiger partial charge >= 0.3 is 5.97 Å². The van der Waals surface area contributed by atoms with Crippen LogP contribution >= 0.6 is 0 Å². The van der Waals surface area contributed by atoms with Gasteiger partial charge in [0.1, 0.15) is 6.04 Å². The van der Waals surface area contributed by atoms with Crippen LogP contribution in [0.4, 0.5) is 0 Å². The molecule has 0 unspecified atom stereocenters. The first kappa shape index (κ1) is 8.11. The summed E-state index contributed by atoms with van der Waals surface area (Å²) >= 11 is 0. The lowest BCUT2D eigenvalue weighted by molar-refractivity contribution is -0.137. The van der Waals surface area contributed by atoms with Gasteiger partial charge in [-0.1, -0.05) is 13.8 Å². The van der Waals surface area contributed by atoms with E-state index < -0.39 is 0 Å². The van der Waals surface area contributed by atoms with E-state index in [1.54, 1.807) is 4.90 Å². The van der Waals surface area contributed by atoms with Gasteiger partial charge in [0.15, 0.2) is 5.88 Å². The normalized spacial score (nSPS) is 24.7. The van der Waals surface area contributed by atoms with E-state index in [4.69, 9.17) is 4.74 Å². The van der Waals surface area contributed by atoms with Crippen molar-refractivity contribution in [3.8, 4) is 0 Å². The highest BCUT2D eigenvalue weighted by Crippen LogP contribution is 2.23. The number of likely N-dealkylation sites (N-methyl/N-ethyl adjacent to an activating group) is 1. The molecule has 0 amide bonds. The van der Waals surface area contributed by atoms with Gasteiger partial charge in [0.2, 0.25) is 0 Å². The number of hydrogen-bond acceptors (Lipinski definition) is 3. The summed E-state index contributed by atoms with van der Waals surface area (Å²) in [6.45, 7) is 7.58. The molecule has 0 aromatic heterocycles. The van der Waals surface area contributed by atoms with Crippen LogP contribution in [-0.4, -0.2) is 24.0 Å². The predicted molar refractivity (Wildman–Crippen MR) is 41.6 cm³/mol. The number of rotatable bonds is 1. The Morgan fingerprint density at radius 2 is 2.18 bits per heavy atom. The minimum atomic E-state index is -0.187. The summed E-state index contributed by atoms with van der Waals surface area (Å²) in [5.41, 5.74) is 0. The number of hydrogen-bond donors (Lipinski definition) is 0. The van der Waals surface area contributed by atoms with Crippen molar-refractivity contribution in [1.82, 2.24) is 4.90 Å². The monoisotopic (exact) mass is 155 g/mol. The van der Waals surface area contributed by atoms with Crippen LogP contribution in [-0.2, 0) is 9.53 Å². The molecule has 3 nitrogen and oxygen atoms in total. The van der Waals surface area contributed by atoms with Gasteiger partial charge in [0.05, 0.1) is 0 Å². The standard InChI is InChI=1S/C8H13NO2/c1-5(2)7-8(10)11-6(3)9(7)4/h5,7H,3H2,1-2,4H3/t7-/m0/s1. The molecule has 0 N–H and O–H groups in total. The van der Waals surface area contributed by atoms with Gasteiger partial charge in [-0.05, 0) is 12.5 Å². The molecule has 1 aliphatic rings. The number of nitrogens with zero attached hydrogens (tertiary/aromatic N) is 1. The highest BCUT2D eigenvalue weighted by molar-refractivity contribution is 5.79. The third-order valence-corrected chi connectivity index (χ3v) is 1.90. The Labute approximate surface area is 66.6 Å². The largest absolute Gasteiger partial charge is 0.409 e. The molecule has 1 saturated heterocycles. The predicted octanol–water partition coefficient (Wildman–Crippen LogP) is 0.971. The first-order valence-corrected chi connectivity index (χ1v) is 3.67. The van der Waals surface area contributed by atoms with E-state index in [2.05, 4.69) is 6.58 Å². The van der Waals surface area contributed by atoms with Crippen molar-refractivity contribution in [2.75, 3.05) is 7.05 Å². The molecule has 1 heterocycles. The van der Waals surface area contributed by atoms with Crippen molar-refractivity contribution in [2.45, 2.75) is 19.9 Å². The summed E-state index contributed by atoms with van der Waals surface area (Å²) in [5.74, 6) is 0.535. The van der Waals surface area contributed by atoms with Crippen LogP contribution < -0.4 is 0 Å². The summed E-state index contributed by atoms with van der Waals surface area (Å²) in [5, 5.41) is 0. The van der Waals surface area contributed by atoms with Gasteiger partial charge < -0.3 is 9.64 Å². The maximum Gasteiger partial charge on any atom is 0.335 e. The molecule has 0 aromatic rings. The molecule has 0 bridgehead atoms. The number of carbonyl (C=O) groups excluding carboxylic acids is 1. The van der Waals surface area contributed by atoms with Crippen molar-refractivity contribution in [1.29, 1.82) is 0 Å². The maximum absolute atomic E-state index is 11.1. The maximum atomic E-state index is 11.1. The smallest absolute Gasteiger partial charge is 0.335 e. The molecule has 0 aromatic carbocycles. The topological polar surface area (TPSA) is 29.5 Å². The Bertz CT molecular complexity index is 198. The Morgan fingerprint density at radius 3 is 2.36 bits per heavy atom. The van der Waals surface area contributed by atoms with Crippen LogP contribution in [0.2, 0.25) is 0 Å². The van der Waals surface area contributed by atoms with E-state index in [0.717, 1.165) is 0 Å². The van der Waals surface area contributed by atoms with Gasteiger partial charge in [0, 0.05) is 7.05 Å². The molecular weight excluding hydrogens is 142 g/mol. The lowest BCUT2D eigenvalue weighted by Gasteiger charge is -2.19. The lowest BCUT2D eigenvalue weighted by atomic mass is 10.0. The molecular formula is C8H13NO2. The third-order valence-electron chi connectivity index (χ3n) is 1.90. The van der Waals surface area contributed by atoms with Gasteiger partial charge in [-0.3, -0.25) is 0 Å². The Balaban J connectivity index is 2.79. The van der Waals surface area contributed by atoms with Gasteiger partial charge in [-0.25, -0.2) is 4.79 Å². The van der Waals surface area contributed by atoms with Crippen LogP contribution in [0.1, 0.15) is 13.8 Å². The average molecular weight is 155 g/mol. The molecule has 1 aliphatic heterocycles. The zero-order chi connectivity index (χ0) is 8.59. The molecule has 1 fully saturated rings. The Hall–Kier alpha value is -0.990. The highest BCUT2D eigenvalue weighted by atomic mass is 16.6. The second kappa shape index (κ2) is 2.57. The van der Waals surface area contributed by atoms with Crippen LogP contribution in [0.5, 0.6) is 0 Å². The zero-order valence-corrected chi connectivity index (χ0v) is 7.13. The van der Waals surface area contributed by atoms with Gasteiger partial charge in [-0.15, -0.1) is 0 Å². The van der Waals surface area contributed by atoms with E-state index in [-0.39, 0.29) is 17.9 Å². The molecule has 3 heteroatoms. The van der Waals surface area contributed by atoms with E-state index in [1.165, 1.54) is 0 Å². The second-order valence-corrected chi connectivity index (χ2v) is 3.11. The fourth-order valence-electron chi connectivity index (χ4n) is 1.28. The number of ether oxygens (including phenoxy) is 1. The average Bonchev–Trinajstić information content (AvgIpc) is 2.07. The van der Waals surface area contributed by atoms with Crippen LogP contribution in [0.25, 0.3) is 0 Å². The van der Waals surface area contributed by atoms with Crippen molar-refractivity contribution >= 4 is 5.97 Å². The minimum absolute atomic E-state index is 0.150. The molecule has 0 spiro atoms. The summed E-state index contributed by atoms with van der Waals surface area (Å²) in [6.07, 6.45) is 0. The first-order chi connectivity index (χ1) is 5.04. The molecule has 62 valence electrons. The van der Waals surface area contributed by atoms with Gasteiger partial charge in [-0.2, -0.15) is 0 Å². The first-order valence-electron chi connectivity index (χ1n) is 3.67. The summed E-state index contributed by atoms with van der Waals surface area (Å²) < 4.78 is 4.84. The highest BCUT2D eigenvalue weighted by Gasteiger charge is 2.36. The molecule has 0 radical (unpaired) electrons. The minimum Gasteiger partial charge on any atom is -0.409 e. The van der Waals surface area contributed by atoms with Crippen molar-refractivity contribution in [3.05, 3.63) is 12.5 Å². The molecule has 1 atom stereocenters. The van der Waals surface area contributed by atoms with Crippen molar-refractivity contribution < 1.29 is 9.53 Å². The van der Waals surface area contributed by atoms with E-state index in [0.29, 0.717) is 5.88 Å². The van der Waals surface area contributed by atoms with Crippen molar-refractivity contribution in [3.63, 3.8) is 0 Å². The van der Waals surface area contributed by atoms with E-state index in [1.807, 2.05) is 20.9 Å². The zero-order valence-electron chi connectivity index (χ0n) is 7.13. The van der Waals surface area contributed by atoms with Crippen LogP contribution in [0.3, 0.4) is 0 Å². The van der Waals surface area contributed by atoms with Gasteiger partial charge in [0.25, 0.3) is 0 Å². The molecule has 0 saturated carbocycles. The summed E-state index contributed by atoms with van der Waals surface area (Å²) in [7, 11) is 1.82. The Kier molecular flexibility index (Phi) is 1.89. The second-order valence-electron chi connectivity index (χ2n) is 3.11. The van der Waals surface area contributed by atoms with Crippen LogP contribution in [0, 0.1) is 5.92 Å². The molecule has 1 rings (SSSR count). The molecule has 11 heavy (non-hydrogen) atoms. The fourth-order valence-corrected chi connectivity index (χ4v) is 1.28. The quantitative estimate of drug-likeness (QED) is 0.528. The Morgan fingerprint density at radius 1 is 1.64 bits per heavy atom. The number of cyclic esters (lactones) is 1. The number of carbonyl (C=O) groups is 1.